The van der Waals surface area contributed by atoms with Crippen LogP contribution in [-0.4, -0.2) is 11.2 Å². The lowest BCUT2D eigenvalue weighted by Crippen LogP contribution is -2.07. The molecular formula is C17H23NO. The Morgan fingerprint density at radius 3 is 2.53 bits per heavy atom. The molecular weight excluding hydrogens is 234 g/mol. The van der Waals surface area contributed by atoms with E-state index in [9.17, 15) is 0 Å². The molecule has 0 unspecified atom stereocenters. The third kappa shape index (κ3) is 3.31. The molecule has 3 rings (SSSR count). The van der Waals surface area contributed by atoms with Gasteiger partial charge in [0, 0.05) is 24.4 Å². The average Bonchev–Trinajstić information content (AvgIpc) is 3.03. The highest BCUT2D eigenvalue weighted by molar-refractivity contribution is 5.21. The van der Waals surface area contributed by atoms with Gasteiger partial charge in [-0.1, -0.05) is 50.0 Å². The molecule has 0 bridgehead atoms. The molecule has 0 atom stereocenters. The minimum absolute atomic E-state index is 0.446. The Kier molecular flexibility index (Phi) is 4.07. The van der Waals surface area contributed by atoms with Gasteiger partial charge in [-0.05, 0) is 18.9 Å². The third-order valence-electron chi connectivity index (χ3n) is 4.20. The van der Waals surface area contributed by atoms with Gasteiger partial charge < -0.3 is 9.30 Å². The Labute approximate surface area is 115 Å². The molecule has 0 spiro atoms. The fourth-order valence-corrected chi connectivity index (χ4v) is 3.04. The molecule has 19 heavy (non-hydrogen) atoms. The highest BCUT2D eigenvalue weighted by Crippen LogP contribution is 2.29. The Hall–Kier alpha value is -1.44. The molecule has 2 heteroatoms. The predicted octanol–water partition coefficient (Wildman–Crippen LogP) is 4.50. The standard InChI is InChI=1S/C17H23NO/c1-2-4-10-16(9-3-1)18-12-11-17(13-18)19-14-15-7-5-6-8-15/h5-8,11-13,15-16H,1-4,9-10,14H2. The quantitative estimate of drug-likeness (QED) is 0.724. The van der Waals surface area contributed by atoms with Gasteiger partial charge in [0.05, 0.1) is 6.61 Å². The fourth-order valence-electron chi connectivity index (χ4n) is 3.04. The molecule has 0 aliphatic heterocycles. The molecule has 0 N–H and O–H groups in total. The van der Waals surface area contributed by atoms with Crippen molar-refractivity contribution in [3.8, 4) is 5.75 Å². The molecule has 102 valence electrons. The highest BCUT2D eigenvalue weighted by atomic mass is 16.5. The summed E-state index contributed by atoms with van der Waals surface area (Å²) in [7, 11) is 0. The van der Waals surface area contributed by atoms with Crippen molar-refractivity contribution < 1.29 is 4.74 Å². The summed E-state index contributed by atoms with van der Waals surface area (Å²) in [5.41, 5.74) is 0. The van der Waals surface area contributed by atoms with Crippen molar-refractivity contribution >= 4 is 0 Å². The predicted molar refractivity (Wildman–Crippen MR) is 78.4 cm³/mol. The van der Waals surface area contributed by atoms with Crippen LogP contribution in [0.1, 0.15) is 44.6 Å². The van der Waals surface area contributed by atoms with Crippen LogP contribution in [0.3, 0.4) is 0 Å². The number of allylic oxidation sites excluding steroid dienone is 2. The topological polar surface area (TPSA) is 14.2 Å². The maximum atomic E-state index is 5.87. The first-order chi connectivity index (χ1) is 9.42. The van der Waals surface area contributed by atoms with Crippen molar-refractivity contribution in [1.82, 2.24) is 4.57 Å². The maximum absolute atomic E-state index is 5.87. The first kappa shape index (κ1) is 12.6. The van der Waals surface area contributed by atoms with Crippen molar-refractivity contribution in [3.63, 3.8) is 0 Å². The van der Waals surface area contributed by atoms with Crippen LogP contribution in [0.25, 0.3) is 0 Å². The molecule has 0 saturated heterocycles. The molecule has 1 saturated carbocycles. The van der Waals surface area contributed by atoms with Crippen LogP contribution >= 0.6 is 0 Å². The summed E-state index contributed by atoms with van der Waals surface area (Å²) in [5.74, 6) is 1.46. The SMILES string of the molecule is C1=CC(COc2ccn(C3CCCCCC3)c2)C=C1. The van der Waals surface area contributed by atoms with Crippen molar-refractivity contribution in [2.24, 2.45) is 5.92 Å². The van der Waals surface area contributed by atoms with E-state index < -0.39 is 0 Å². The van der Waals surface area contributed by atoms with Crippen LogP contribution in [0.5, 0.6) is 5.75 Å². The van der Waals surface area contributed by atoms with Crippen LogP contribution in [0, 0.1) is 5.92 Å². The van der Waals surface area contributed by atoms with Gasteiger partial charge in [0.1, 0.15) is 5.75 Å². The fraction of sp³-hybridized carbons (Fsp3) is 0.529. The zero-order chi connectivity index (χ0) is 12.9. The molecule has 0 aromatic carbocycles. The Morgan fingerprint density at radius 2 is 1.79 bits per heavy atom. The van der Waals surface area contributed by atoms with Gasteiger partial charge in [-0.3, -0.25) is 0 Å². The van der Waals surface area contributed by atoms with Crippen LogP contribution < -0.4 is 4.74 Å². The van der Waals surface area contributed by atoms with E-state index in [1.165, 1.54) is 38.5 Å². The number of nitrogens with zero attached hydrogens (tertiary/aromatic N) is 1. The Morgan fingerprint density at radius 1 is 1.05 bits per heavy atom. The molecule has 2 aliphatic rings. The summed E-state index contributed by atoms with van der Waals surface area (Å²) in [6.45, 7) is 0.752. The second kappa shape index (κ2) is 6.14. The minimum atomic E-state index is 0.446. The Balaban J connectivity index is 1.55. The number of hydrogen-bond acceptors (Lipinski definition) is 1. The van der Waals surface area contributed by atoms with Gasteiger partial charge in [0.15, 0.2) is 0 Å². The second-order valence-electron chi connectivity index (χ2n) is 5.68. The molecule has 0 radical (unpaired) electrons. The lowest BCUT2D eigenvalue weighted by molar-refractivity contribution is 0.296. The number of hydrogen-bond donors (Lipinski definition) is 0. The Bertz CT molecular complexity index is 438. The van der Waals surface area contributed by atoms with E-state index in [1.807, 2.05) is 0 Å². The van der Waals surface area contributed by atoms with Gasteiger partial charge in [-0.25, -0.2) is 0 Å². The first-order valence-corrected chi connectivity index (χ1v) is 7.57. The van der Waals surface area contributed by atoms with Crippen LogP contribution in [0.4, 0.5) is 0 Å². The van der Waals surface area contributed by atoms with Crippen molar-refractivity contribution in [2.75, 3.05) is 6.61 Å². The van der Waals surface area contributed by atoms with E-state index in [-0.39, 0.29) is 0 Å². The van der Waals surface area contributed by atoms with Crippen LogP contribution in [0.15, 0.2) is 42.8 Å². The normalized spacial score (nSPS) is 20.8. The average molecular weight is 257 g/mol. The van der Waals surface area contributed by atoms with E-state index in [4.69, 9.17) is 4.74 Å². The lowest BCUT2D eigenvalue weighted by Gasteiger charge is -2.16. The zero-order valence-electron chi connectivity index (χ0n) is 11.5. The van der Waals surface area contributed by atoms with Crippen molar-refractivity contribution in [1.29, 1.82) is 0 Å². The largest absolute Gasteiger partial charge is 0.491 e. The highest BCUT2D eigenvalue weighted by Gasteiger charge is 2.14. The van der Waals surface area contributed by atoms with Gasteiger partial charge in [-0.2, -0.15) is 0 Å². The second-order valence-corrected chi connectivity index (χ2v) is 5.68. The first-order valence-electron chi connectivity index (χ1n) is 7.57. The number of aromatic nitrogens is 1. The molecule has 2 aliphatic carbocycles. The third-order valence-corrected chi connectivity index (χ3v) is 4.20. The van der Waals surface area contributed by atoms with Crippen LogP contribution in [-0.2, 0) is 0 Å². The minimum Gasteiger partial charge on any atom is -0.491 e. The molecule has 2 nitrogen and oxygen atoms in total. The number of ether oxygens (including phenoxy) is 1. The summed E-state index contributed by atoms with van der Waals surface area (Å²) >= 11 is 0. The van der Waals surface area contributed by atoms with E-state index in [2.05, 4.69) is 47.3 Å². The molecule has 1 aromatic rings. The van der Waals surface area contributed by atoms with E-state index in [1.54, 1.807) is 0 Å². The van der Waals surface area contributed by atoms with E-state index >= 15 is 0 Å². The van der Waals surface area contributed by atoms with Gasteiger partial charge in [0.25, 0.3) is 0 Å². The van der Waals surface area contributed by atoms with Crippen molar-refractivity contribution in [2.45, 2.75) is 44.6 Å². The van der Waals surface area contributed by atoms with E-state index in [0.717, 1.165) is 12.4 Å². The molecule has 0 amide bonds. The maximum Gasteiger partial charge on any atom is 0.136 e. The van der Waals surface area contributed by atoms with Gasteiger partial charge >= 0.3 is 0 Å². The lowest BCUT2D eigenvalue weighted by atomic mass is 10.1. The van der Waals surface area contributed by atoms with E-state index in [0.29, 0.717) is 12.0 Å². The summed E-state index contributed by atoms with van der Waals surface area (Å²) in [6, 6.07) is 2.79. The zero-order valence-corrected chi connectivity index (χ0v) is 11.5. The van der Waals surface area contributed by atoms with Crippen LogP contribution in [0.2, 0.25) is 0 Å². The summed E-state index contributed by atoms with van der Waals surface area (Å²) in [4.78, 5) is 0. The number of rotatable bonds is 4. The molecule has 1 heterocycles. The molecule has 1 aromatic heterocycles. The smallest absolute Gasteiger partial charge is 0.136 e. The summed E-state index contributed by atoms with van der Waals surface area (Å²) < 4.78 is 8.23. The summed E-state index contributed by atoms with van der Waals surface area (Å²) in [5, 5.41) is 0. The van der Waals surface area contributed by atoms with Gasteiger partial charge in [-0.15, -0.1) is 0 Å². The summed E-state index contributed by atoms with van der Waals surface area (Å²) in [6.07, 6.45) is 21.1. The van der Waals surface area contributed by atoms with Crippen molar-refractivity contribution in [3.05, 3.63) is 42.8 Å². The monoisotopic (exact) mass is 257 g/mol. The van der Waals surface area contributed by atoms with Gasteiger partial charge in [0.2, 0.25) is 0 Å². The molecule has 1 fully saturated rings.